The summed E-state index contributed by atoms with van der Waals surface area (Å²) in [5, 5.41) is 2.85. The molecule has 21 heavy (non-hydrogen) atoms. The highest BCUT2D eigenvalue weighted by molar-refractivity contribution is 5.85. The van der Waals surface area contributed by atoms with Gasteiger partial charge in [-0.2, -0.15) is 0 Å². The van der Waals surface area contributed by atoms with E-state index in [4.69, 9.17) is 10.5 Å². The lowest BCUT2D eigenvalue weighted by molar-refractivity contribution is -0.130. The Hall–Kier alpha value is -0.850. The van der Waals surface area contributed by atoms with Crippen molar-refractivity contribution in [3.8, 4) is 0 Å². The van der Waals surface area contributed by atoms with Crippen molar-refractivity contribution in [2.24, 2.45) is 5.73 Å². The highest BCUT2D eigenvalue weighted by Gasteiger charge is 2.15. The van der Waals surface area contributed by atoms with Gasteiger partial charge in [-0.05, 0) is 25.2 Å². The minimum atomic E-state index is -0.582. The van der Waals surface area contributed by atoms with Gasteiger partial charge in [0.05, 0.1) is 0 Å². The molecule has 122 valence electrons. The van der Waals surface area contributed by atoms with Crippen LogP contribution < -0.4 is 11.1 Å². The minimum absolute atomic E-state index is 0. The van der Waals surface area contributed by atoms with Crippen LogP contribution in [0.3, 0.4) is 0 Å². The predicted octanol–water partition coefficient (Wildman–Crippen LogP) is 1.18. The number of benzene rings is 1. The third-order valence-corrected chi connectivity index (χ3v) is 2.85. The molecule has 5 nitrogen and oxygen atoms in total. The van der Waals surface area contributed by atoms with Gasteiger partial charge in [-0.1, -0.05) is 24.3 Å². The molecule has 1 atom stereocenters. The summed E-state index contributed by atoms with van der Waals surface area (Å²) in [5.74, 6) is -0.176. The Morgan fingerprint density at radius 1 is 1.29 bits per heavy atom. The number of amides is 1. The van der Waals surface area contributed by atoms with Crippen molar-refractivity contribution in [3.63, 3.8) is 0 Å². The lowest BCUT2D eigenvalue weighted by Crippen LogP contribution is -2.40. The van der Waals surface area contributed by atoms with Crippen molar-refractivity contribution in [1.29, 1.82) is 0 Å². The van der Waals surface area contributed by atoms with E-state index in [1.165, 1.54) is 12.7 Å². The Labute approximate surface area is 139 Å². The van der Waals surface area contributed by atoms with E-state index in [9.17, 15) is 4.79 Å². The third kappa shape index (κ3) is 7.64. The Balaban J connectivity index is 0. The van der Waals surface area contributed by atoms with Gasteiger partial charge in [-0.15, -0.1) is 24.8 Å². The average Bonchev–Trinajstić information content (AvgIpc) is 2.38. The fourth-order valence-corrected chi connectivity index (χ4v) is 1.83. The molecule has 3 N–H and O–H groups in total. The van der Waals surface area contributed by atoms with Crippen molar-refractivity contribution in [2.45, 2.75) is 19.2 Å². The molecular formula is C14H25Cl2N3O2. The van der Waals surface area contributed by atoms with E-state index < -0.39 is 6.10 Å². The Morgan fingerprint density at radius 2 is 1.86 bits per heavy atom. The normalized spacial score (nSPS) is 11.3. The molecule has 0 spiro atoms. The van der Waals surface area contributed by atoms with Crippen LogP contribution in [0.2, 0.25) is 0 Å². The third-order valence-electron chi connectivity index (χ3n) is 2.85. The quantitative estimate of drug-likeness (QED) is 0.784. The molecule has 1 aromatic carbocycles. The molecule has 0 aromatic heterocycles. The molecule has 0 radical (unpaired) electrons. The van der Waals surface area contributed by atoms with Crippen LogP contribution in [0, 0.1) is 0 Å². The molecule has 0 heterocycles. The molecule has 1 amide bonds. The van der Waals surface area contributed by atoms with Gasteiger partial charge in [0.25, 0.3) is 5.91 Å². The van der Waals surface area contributed by atoms with E-state index in [1.54, 1.807) is 0 Å². The smallest absolute Gasteiger partial charge is 0.250 e. The van der Waals surface area contributed by atoms with Crippen molar-refractivity contribution < 1.29 is 9.53 Å². The number of nitrogens with two attached hydrogens (primary N) is 1. The summed E-state index contributed by atoms with van der Waals surface area (Å²) in [6.45, 7) is 1.51. The maximum absolute atomic E-state index is 11.8. The number of halogens is 2. The summed E-state index contributed by atoms with van der Waals surface area (Å²) < 4.78 is 5.00. The van der Waals surface area contributed by atoms with Gasteiger partial charge in [0.1, 0.15) is 6.10 Å². The second-order valence-corrected chi connectivity index (χ2v) is 4.68. The van der Waals surface area contributed by atoms with E-state index in [2.05, 4.69) is 16.3 Å². The second-order valence-electron chi connectivity index (χ2n) is 4.68. The maximum atomic E-state index is 11.8. The van der Waals surface area contributed by atoms with Gasteiger partial charge in [0, 0.05) is 26.7 Å². The number of nitrogens with zero attached hydrogens (tertiary/aromatic N) is 1. The van der Waals surface area contributed by atoms with Crippen LogP contribution in [0.1, 0.15) is 11.1 Å². The van der Waals surface area contributed by atoms with Gasteiger partial charge >= 0.3 is 0 Å². The molecule has 0 aliphatic rings. The number of nitrogens with one attached hydrogen (secondary N) is 1. The van der Waals surface area contributed by atoms with E-state index in [0.717, 1.165) is 12.1 Å². The molecule has 1 aromatic rings. The van der Waals surface area contributed by atoms with Crippen LogP contribution in [0.4, 0.5) is 0 Å². The van der Waals surface area contributed by atoms with E-state index in [0.29, 0.717) is 6.54 Å². The van der Waals surface area contributed by atoms with Crippen LogP contribution in [-0.2, 0) is 22.6 Å². The topological polar surface area (TPSA) is 67.6 Å². The summed E-state index contributed by atoms with van der Waals surface area (Å²) in [5.41, 5.74) is 7.77. The first kappa shape index (κ1) is 22.4. The molecule has 1 rings (SSSR count). The molecule has 0 aliphatic heterocycles. The van der Waals surface area contributed by atoms with Crippen LogP contribution in [0.15, 0.2) is 24.3 Å². The number of ether oxygens (including phenoxy) is 1. The van der Waals surface area contributed by atoms with Gasteiger partial charge < -0.3 is 20.7 Å². The highest BCUT2D eigenvalue weighted by atomic mass is 35.5. The number of hydrogen-bond acceptors (Lipinski definition) is 4. The summed E-state index contributed by atoms with van der Waals surface area (Å²) in [6, 6.07) is 8.06. The van der Waals surface area contributed by atoms with Crippen LogP contribution in [-0.4, -0.2) is 44.7 Å². The fourth-order valence-electron chi connectivity index (χ4n) is 1.83. The van der Waals surface area contributed by atoms with E-state index >= 15 is 0 Å². The molecule has 0 aliphatic carbocycles. The first-order chi connectivity index (χ1) is 9.08. The lowest BCUT2D eigenvalue weighted by atomic mass is 10.1. The fraction of sp³-hybridized carbons (Fsp3) is 0.500. The number of rotatable bonds is 7. The van der Waals surface area contributed by atoms with E-state index in [-0.39, 0.29) is 37.3 Å². The van der Waals surface area contributed by atoms with Crippen molar-refractivity contribution in [2.75, 3.05) is 27.7 Å². The molecule has 7 heteroatoms. The Bertz CT molecular complexity index is 413. The summed E-state index contributed by atoms with van der Waals surface area (Å²) >= 11 is 0. The molecule has 0 saturated carbocycles. The zero-order valence-corrected chi connectivity index (χ0v) is 14.3. The number of carbonyl (C=O) groups excluding carboxylic acids is 1. The number of methoxy groups -OCH3 is 1. The summed E-state index contributed by atoms with van der Waals surface area (Å²) in [7, 11) is 5.52. The highest BCUT2D eigenvalue weighted by Crippen LogP contribution is 2.10. The first-order valence-electron chi connectivity index (χ1n) is 6.30. The monoisotopic (exact) mass is 337 g/mol. The largest absolute Gasteiger partial charge is 0.370 e. The molecule has 0 bridgehead atoms. The van der Waals surface area contributed by atoms with Crippen molar-refractivity contribution >= 4 is 30.7 Å². The minimum Gasteiger partial charge on any atom is -0.370 e. The Kier molecular flexibility index (Phi) is 12.6. The van der Waals surface area contributed by atoms with Gasteiger partial charge in [-0.3, -0.25) is 4.79 Å². The molecule has 0 saturated heterocycles. The van der Waals surface area contributed by atoms with E-state index in [1.807, 2.05) is 32.3 Å². The molecule has 1 unspecified atom stereocenters. The summed E-state index contributed by atoms with van der Waals surface area (Å²) in [4.78, 5) is 13.9. The standard InChI is InChI=1S/C14H23N3O2.2ClH/c1-17(2)10-12-7-5-4-6-11(12)9-16-14(18)13(8-15)19-3;;/h4-7,13H,8-10,15H2,1-3H3,(H,16,18);2*1H. The Morgan fingerprint density at radius 3 is 2.33 bits per heavy atom. The SMILES string of the molecule is COC(CN)C(=O)NCc1ccccc1CN(C)C.Cl.Cl. The van der Waals surface area contributed by atoms with Crippen LogP contribution in [0.5, 0.6) is 0 Å². The predicted molar refractivity (Wildman–Crippen MR) is 90.0 cm³/mol. The summed E-state index contributed by atoms with van der Waals surface area (Å²) in [6.07, 6.45) is -0.582. The van der Waals surface area contributed by atoms with Gasteiger partial charge in [-0.25, -0.2) is 0 Å². The van der Waals surface area contributed by atoms with Crippen LogP contribution >= 0.6 is 24.8 Å². The molecule has 0 fully saturated rings. The van der Waals surface area contributed by atoms with Gasteiger partial charge in [0.15, 0.2) is 0 Å². The van der Waals surface area contributed by atoms with Crippen LogP contribution in [0.25, 0.3) is 0 Å². The van der Waals surface area contributed by atoms with Gasteiger partial charge in [0.2, 0.25) is 0 Å². The maximum Gasteiger partial charge on any atom is 0.250 e. The zero-order valence-electron chi connectivity index (χ0n) is 12.7. The molecular weight excluding hydrogens is 313 g/mol. The zero-order chi connectivity index (χ0) is 14.3. The lowest BCUT2D eigenvalue weighted by Gasteiger charge is -2.16. The average molecular weight is 338 g/mol. The van der Waals surface area contributed by atoms with Crippen molar-refractivity contribution in [3.05, 3.63) is 35.4 Å². The first-order valence-corrected chi connectivity index (χ1v) is 6.30. The second kappa shape index (κ2) is 11.8. The number of carbonyl (C=O) groups is 1. The van der Waals surface area contributed by atoms with Crippen molar-refractivity contribution in [1.82, 2.24) is 10.2 Å². The number of hydrogen-bond donors (Lipinski definition) is 2.